The molecular formula is C21H31N3O4. The first-order chi connectivity index (χ1) is 13.6. The van der Waals surface area contributed by atoms with Crippen LogP contribution < -0.4 is 0 Å². The Bertz CT molecular complexity index is 656. The maximum atomic E-state index is 11.9. The Hall–Kier alpha value is -2.12. The smallest absolute Gasteiger partial charge is 0.409 e. The van der Waals surface area contributed by atoms with Crippen molar-refractivity contribution in [2.75, 3.05) is 53.0 Å². The minimum Gasteiger partial charge on any atom is -0.465 e. The molecule has 3 rings (SSSR count). The molecule has 0 bridgehead atoms. The highest BCUT2D eigenvalue weighted by Gasteiger charge is 2.29. The van der Waals surface area contributed by atoms with E-state index in [-0.39, 0.29) is 12.1 Å². The Labute approximate surface area is 167 Å². The van der Waals surface area contributed by atoms with Crippen molar-refractivity contribution in [3.05, 3.63) is 35.4 Å². The van der Waals surface area contributed by atoms with E-state index in [1.807, 2.05) is 36.1 Å². The van der Waals surface area contributed by atoms with E-state index >= 15 is 0 Å². The number of esters is 1. The summed E-state index contributed by atoms with van der Waals surface area (Å²) in [6.07, 6.45) is 2.20. The van der Waals surface area contributed by atoms with Gasteiger partial charge in [0.1, 0.15) is 0 Å². The summed E-state index contributed by atoms with van der Waals surface area (Å²) in [7, 11) is 1.40. The van der Waals surface area contributed by atoms with E-state index in [9.17, 15) is 9.59 Å². The predicted molar refractivity (Wildman–Crippen MR) is 106 cm³/mol. The average Bonchev–Trinajstić information content (AvgIpc) is 2.74. The maximum absolute atomic E-state index is 11.9. The maximum Gasteiger partial charge on any atom is 0.409 e. The Morgan fingerprint density at radius 1 is 1.07 bits per heavy atom. The van der Waals surface area contributed by atoms with Crippen LogP contribution >= 0.6 is 0 Å². The van der Waals surface area contributed by atoms with Crippen molar-refractivity contribution < 1.29 is 19.1 Å². The molecule has 0 aliphatic carbocycles. The lowest BCUT2D eigenvalue weighted by atomic mass is 10.0. The highest BCUT2D eigenvalue weighted by Crippen LogP contribution is 2.20. The normalized spacial score (nSPS) is 21.4. The predicted octanol–water partition coefficient (Wildman–Crippen LogP) is 2.21. The quantitative estimate of drug-likeness (QED) is 0.720. The van der Waals surface area contributed by atoms with Gasteiger partial charge >= 0.3 is 12.1 Å². The van der Waals surface area contributed by atoms with E-state index in [4.69, 9.17) is 9.47 Å². The minimum atomic E-state index is -0.299. The molecule has 1 aromatic rings. The van der Waals surface area contributed by atoms with Crippen LogP contribution in [-0.2, 0) is 16.0 Å². The van der Waals surface area contributed by atoms with Gasteiger partial charge in [0.15, 0.2) is 0 Å². The Morgan fingerprint density at radius 3 is 2.43 bits per heavy atom. The minimum absolute atomic E-state index is 0.192. The van der Waals surface area contributed by atoms with Gasteiger partial charge in [0, 0.05) is 45.3 Å². The van der Waals surface area contributed by atoms with E-state index in [2.05, 4.69) is 9.80 Å². The first-order valence-electron chi connectivity index (χ1n) is 10.2. The molecule has 1 amide bonds. The molecule has 1 aromatic carbocycles. The number of likely N-dealkylation sites (tertiary alicyclic amines) is 1. The Balaban J connectivity index is 1.49. The molecule has 0 radical (unpaired) electrons. The van der Waals surface area contributed by atoms with Crippen molar-refractivity contribution in [2.24, 2.45) is 0 Å². The van der Waals surface area contributed by atoms with Crippen LogP contribution in [0, 0.1) is 0 Å². The zero-order valence-electron chi connectivity index (χ0n) is 16.9. The number of hydrogen-bond acceptors (Lipinski definition) is 6. The molecule has 154 valence electrons. The lowest BCUT2D eigenvalue weighted by Crippen LogP contribution is -2.55. The van der Waals surface area contributed by atoms with Gasteiger partial charge in [0.05, 0.1) is 19.3 Å². The fourth-order valence-electron chi connectivity index (χ4n) is 4.08. The Kier molecular flexibility index (Phi) is 7.28. The molecule has 2 aliphatic heterocycles. The summed E-state index contributed by atoms with van der Waals surface area (Å²) in [5.74, 6) is -0.299. The van der Waals surface area contributed by atoms with Gasteiger partial charge in [-0.15, -0.1) is 0 Å². The summed E-state index contributed by atoms with van der Waals surface area (Å²) in [6.45, 7) is 8.59. The van der Waals surface area contributed by atoms with E-state index in [1.165, 1.54) is 25.5 Å². The number of methoxy groups -OCH3 is 1. The van der Waals surface area contributed by atoms with Gasteiger partial charge in [-0.2, -0.15) is 0 Å². The topological polar surface area (TPSA) is 62.3 Å². The van der Waals surface area contributed by atoms with Gasteiger partial charge in [0.25, 0.3) is 0 Å². The molecule has 7 heteroatoms. The van der Waals surface area contributed by atoms with Crippen LogP contribution in [0.2, 0.25) is 0 Å². The zero-order valence-corrected chi connectivity index (χ0v) is 16.9. The standard InChI is InChI=1S/C21H31N3O4/c1-3-28-21(26)24-13-11-23(12-14-24)19-5-4-10-22(16-19)15-17-6-8-18(9-7-17)20(25)27-2/h6-9,19H,3-5,10-16H2,1-2H3/t19-/m1/s1. The number of nitrogens with zero attached hydrogens (tertiary/aromatic N) is 3. The number of benzene rings is 1. The monoisotopic (exact) mass is 389 g/mol. The summed E-state index contributed by atoms with van der Waals surface area (Å²) in [4.78, 5) is 30.2. The van der Waals surface area contributed by atoms with Gasteiger partial charge in [-0.25, -0.2) is 9.59 Å². The number of hydrogen-bond donors (Lipinski definition) is 0. The van der Waals surface area contributed by atoms with E-state index in [0.717, 1.165) is 45.8 Å². The largest absolute Gasteiger partial charge is 0.465 e. The third-order valence-electron chi connectivity index (χ3n) is 5.62. The fraction of sp³-hybridized carbons (Fsp3) is 0.619. The summed E-state index contributed by atoms with van der Waals surface area (Å²) >= 11 is 0. The van der Waals surface area contributed by atoms with Gasteiger partial charge < -0.3 is 14.4 Å². The van der Waals surface area contributed by atoms with Crippen molar-refractivity contribution in [1.29, 1.82) is 0 Å². The van der Waals surface area contributed by atoms with Crippen LogP contribution in [0.5, 0.6) is 0 Å². The molecule has 7 nitrogen and oxygen atoms in total. The van der Waals surface area contributed by atoms with Crippen molar-refractivity contribution in [3.8, 4) is 0 Å². The average molecular weight is 389 g/mol. The molecule has 2 saturated heterocycles. The molecule has 2 aliphatic rings. The van der Waals surface area contributed by atoms with Crippen molar-refractivity contribution in [3.63, 3.8) is 0 Å². The molecule has 0 aromatic heterocycles. The summed E-state index contributed by atoms with van der Waals surface area (Å²) in [5, 5.41) is 0. The second-order valence-electron chi connectivity index (χ2n) is 7.44. The zero-order chi connectivity index (χ0) is 19.9. The van der Waals surface area contributed by atoms with Crippen LogP contribution in [0.25, 0.3) is 0 Å². The number of amides is 1. The molecule has 0 saturated carbocycles. The van der Waals surface area contributed by atoms with Crippen LogP contribution in [0.15, 0.2) is 24.3 Å². The second-order valence-corrected chi connectivity index (χ2v) is 7.44. The third-order valence-corrected chi connectivity index (χ3v) is 5.62. The second kappa shape index (κ2) is 9.89. The number of rotatable bonds is 5. The van der Waals surface area contributed by atoms with Gasteiger partial charge in [-0.3, -0.25) is 9.80 Å². The molecule has 2 heterocycles. The third kappa shape index (κ3) is 5.23. The number of piperazine rings is 1. The molecule has 2 fully saturated rings. The summed E-state index contributed by atoms with van der Waals surface area (Å²) in [5.41, 5.74) is 1.79. The van der Waals surface area contributed by atoms with Gasteiger partial charge in [-0.1, -0.05) is 12.1 Å². The van der Waals surface area contributed by atoms with Crippen molar-refractivity contribution in [2.45, 2.75) is 32.4 Å². The number of ether oxygens (including phenoxy) is 2. The summed E-state index contributed by atoms with van der Waals surface area (Å²) < 4.78 is 9.86. The van der Waals surface area contributed by atoms with E-state index in [1.54, 1.807) is 0 Å². The number of carbonyl (C=O) groups excluding carboxylic acids is 2. The molecule has 0 spiro atoms. The highest BCUT2D eigenvalue weighted by molar-refractivity contribution is 5.89. The van der Waals surface area contributed by atoms with Crippen LogP contribution in [0.1, 0.15) is 35.7 Å². The lowest BCUT2D eigenvalue weighted by Gasteiger charge is -2.43. The number of piperidine rings is 1. The molecular weight excluding hydrogens is 358 g/mol. The molecule has 28 heavy (non-hydrogen) atoms. The van der Waals surface area contributed by atoms with E-state index in [0.29, 0.717) is 18.2 Å². The first-order valence-corrected chi connectivity index (χ1v) is 10.2. The van der Waals surface area contributed by atoms with Crippen molar-refractivity contribution >= 4 is 12.1 Å². The fourth-order valence-corrected chi connectivity index (χ4v) is 4.08. The highest BCUT2D eigenvalue weighted by atomic mass is 16.6. The first kappa shape index (κ1) is 20.6. The van der Waals surface area contributed by atoms with Gasteiger partial charge in [0.2, 0.25) is 0 Å². The van der Waals surface area contributed by atoms with Crippen LogP contribution in [0.4, 0.5) is 4.79 Å². The van der Waals surface area contributed by atoms with Crippen molar-refractivity contribution in [1.82, 2.24) is 14.7 Å². The SMILES string of the molecule is CCOC(=O)N1CCN([C@@H]2CCCN(Cc3ccc(C(=O)OC)cc3)C2)CC1. The lowest BCUT2D eigenvalue weighted by molar-refractivity contribution is 0.0412. The van der Waals surface area contributed by atoms with Crippen LogP contribution in [0.3, 0.4) is 0 Å². The number of carbonyl (C=O) groups is 2. The van der Waals surface area contributed by atoms with E-state index < -0.39 is 0 Å². The van der Waals surface area contributed by atoms with Crippen LogP contribution in [-0.4, -0.2) is 85.8 Å². The van der Waals surface area contributed by atoms with Gasteiger partial charge in [-0.05, 0) is 44.0 Å². The Morgan fingerprint density at radius 2 is 1.79 bits per heavy atom. The molecule has 0 N–H and O–H groups in total. The molecule has 1 atom stereocenters. The molecule has 0 unspecified atom stereocenters. The summed E-state index contributed by atoms with van der Waals surface area (Å²) in [6, 6.07) is 8.21.